The highest BCUT2D eigenvalue weighted by Crippen LogP contribution is 2.39. The number of alkyl halides is 1. The minimum absolute atomic E-state index is 0.141. The Morgan fingerprint density at radius 1 is 0.905 bits per heavy atom. The zero-order chi connectivity index (χ0) is 15.0. The number of halogens is 2. The Balaban J connectivity index is 2.24. The Morgan fingerprint density at radius 3 is 2.48 bits per heavy atom. The molecule has 3 aromatic carbocycles. The molecule has 0 aliphatic carbocycles. The second-order valence-electron chi connectivity index (χ2n) is 5.33. The molecule has 0 aliphatic heterocycles. The molecule has 0 fully saturated rings. The van der Waals surface area contributed by atoms with Gasteiger partial charge in [-0.2, -0.15) is 0 Å². The predicted molar refractivity (Wildman–Crippen MR) is 95.6 cm³/mol. The highest BCUT2D eigenvalue weighted by atomic mass is 79.9. The maximum absolute atomic E-state index is 6.28. The number of benzene rings is 3. The first-order valence-corrected chi connectivity index (χ1v) is 8.26. The first-order chi connectivity index (χ1) is 10.1. The molecular formula is C19H16BrCl. The lowest BCUT2D eigenvalue weighted by molar-refractivity contribution is 1.13. The van der Waals surface area contributed by atoms with Gasteiger partial charge in [-0.25, -0.2) is 0 Å². The molecular weight excluding hydrogens is 344 g/mol. The van der Waals surface area contributed by atoms with Crippen molar-refractivity contribution >= 4 is 38.3 Å². The minimum atomic E-state index is 0.141. The van der Waals surface area contributed by atoms with Gasteiger partial charge in [0.15, 0.2) is 0 Å². The number of fused-ring (bicyclic) bond motifs is 1. The van der Waals surface area contributed by atoms with Gasteiger partial charge in [-0.1, -0.05) is 76.1 Å². The summed E-state index contributed by atoms with van der Waals surface area (Å²) in [5.74, 6) is 0. The van der Waals surface area contributed by atoms with Gasteiger partial charge in [0.05, 0.1) is 4.83 Å². The van der Waals surface area contributed by atoms with Gasteiger partial charge >= 0.3 is 0 Å². The number of hydrogen-bond donors (Lipinski definition) is 0. The first kappa shape index (κ1) is 14.6. The first-order valence-electron chi connectivity index (χ1n) is 6.97. The van der Waals surface area contributed by atoms with Crippen LogP contribution in [0.15, 0.2) is 54.6 Å². The van der Waals surface area contributed by atoms with E-state index in [1.165, 1.54) is 27.5 Å². The van der Waals surface area contributed by atoms with Crippen molar-refractivity contribution in [2.75, 3.05) is 0 Å². The Labute approximate surface area is 138 Å². The predicted octanol–water partition coefficient (Wildman–Crippen LogP) is 6.59. The average Bonchev–Trinajstić information content (AvgIpc) is 2.49. The van der Waals surface area contributed by atoms with Gasteiger partial charge in [0, 0.05) is 5.02 Å². The lowest BCUT2D eigenvalue weighted by atomic mass is 9.92. The molecule has 3 aromatic rings. The van der Waals surface area contributed by atoms with Crippen molar-refractivity contribution in [3.8, 4) is 0 Å². The Kier molecular flexibility index (Phi) is 4.05. The number of hydrogen-bond acceptors (Lipinski definition) is 0. The fraction of sp³-hybridized carbons (Fsp3) is 0.158. The second kappa shape index (κ2) is 5.82. The fourth-order valence-electron chi connectivity index (χ4n) is 2.80. The van der Waals surface area contributed by atoms with Gasteiger partial charge in [-0.05, 0) is 52.9 Å². The van der Waals surface area contributed by atoms with E-state index >= 15 is 0 Å². The van der Waals surface area contributed by atoms with Gasteiger partial charge in [-0.3, -0.25) is 0 Å². The van der Waals surface area contributed by atoms with Crippen molar-refractivity contribution in [2.45, 2.75) is 18.7 Å². The third-order valence-corrected chi connectivity index (χ3v) is 5.39. The van der Waals surface area contributed by atoms with Crippen molar-refractivity contribution in [3.05, 3.63) is 81.9 Å². The van der Waals surface area contributed by atoms with Gasteiger partial charge in [0.25, 0.3) is 0 Å². The summed E-state index contributed by atoms with van der Waals surface area (Å²) in [7, 11) is 0. The van der Waals surface area contributed by atoms with Crippen molar-refractivity contribution in [3.63, 3.8) is 0 Å². The monoisotopic (exact) mass is 358 g/mol. The Bertz CT molecular complexity index is 808. The molecule has 0 amide bonds. The topological polar surface area (TPSA) is 0 Å². The summed E-state index contributed by atoms with van der Waals surface area (Å²) < 4.78 is 0. The van der Waals surface area contributed by atoms with E-state index in [2.05, 4.69) is 72.2 Å². The molecule has 21 heavy (non-hydrogen) atoms. The van der Waals surface area contributed by atoms with Gasteiger partial charge in [-0.15, -0.1) is 0 Å². The summed E-state index contributed by atoms with van der Waals surface area (Å²) in [6.45, 7) is 4.24. The van der Waals surface area contributed by atoms with Crippen LogP contribution in [0.4, 0.5) is 0 Å². The molecule has 0 radical (unpaired) electrons. The summed E-state index contributed by atoms with van der Waals surface area (Å²) in [6, 6.07) is 19.0. The number of rotatable bonds is 2. The molecule has 0 aromatic heterocycles. The lowest BCUT2D eigenvalue weighted by Gasteiger charge is -2.19. The maximum atomic E-state index is 6.28. The van der Waals surface area contributed by atoms with Crippen LogP contribution in [0.2, 0.25) is 5.02 Å². The van der Waals surface area contributed by atoms with E-state index in [9.17, 15) is 0 Å². The average molecular weight is 360 g/mol. The van der Waals surface area contributed by atoms with E-state index in [0.29, 0.717) is 0 Å². The molecule has 0 heterocycles. The van der Waals surface area contributed by atoms with E-state index in [4.69, 9.17) is 11.6 Å². The van der Waals surface area contributed by atoms with Gasteiger partial charge in [0.1, 0.15) is 0 Å². The molecule has 0 N–H and O–H groups in total. The van der Waals surface area contributed by atoms with Crippen LogP contribution in [-0.4, -0.2) is 0 Å². The van der Waals surface area contributed by atoms with Crippen LogP contribution in [0.25, 0.3) is 10.8 Å². The maximum Gasteiger partial charge on any atom is 0.0656 e. The molecule has 0 saturated heterocycles. The quantitative estimate of drug-likeness (QED) is 0.452. The summed E-state index contributed by atoms with van der Waals surface area (Å²) in [5.41, 5.74) is 4.96. The second-order valence-corrected chi connectivity index (χ2v) is 6.66. The van der Waals surface area contributed by atoms with Crippen LogP contribution in [0, 0.1) is 13.8 Å². The van der Waals surface area contributed by atoms with Gasteiger partial charge < -0.3 is 0 Å². The number of aryl methyl sites for hydroxylation is 1. The summed E-state index contributed by atoms with van der Waals surface area (Å²) in [4.78, 5) is 0.141. The molecule has 3 rings (SSSR count). The SMILES string of the molecule is Cc1ccc2ccccc2c1C(Br)c1cccc(Cl)c1C. The van der Waals surface area contributed by atoms with Crippen LogP contribution >= 0.6 is 27.5 Å². The third kappa shape index (κ3) is 2.61. The highest BCUT2D eigenvalue weighted by Gasteiger charge is 2.18. The van der Waals surface area contributed by atoms with Crippen molar-refractivity contribution < 1.29 is 0 Å². The minimum Gasteiger partial charge on any atom is -0.0840 e. The molecule has 1 atom stereocenters. The normalized spacial score (nSPS) is 12.6. The zero-order valence-corrected chi connectivity index (χ0v) is 14.4. The van der Waals surface area contributed by atoms with Crippen LogP contribution in [0.5, 0.6) is 0 Å². The lowest BCUT2D eigenvalue weighted by Crippen LogP contribution is -2.00. The van der Waals surface area contributed by atoms with E-state index in [0.717, 1.165) is 10.6 Å². The molecule has 0 saturated carbocycles. The van der Waals surface area contributed by atoms with E-state index in [1.54, 1.807) is 0 Å². The van der Waals surface area contributed by atoms with Crippen LogP contribution in [0.1, 0.15) is 27.1 Å². The smallest absolute Gasteiger partial charge is 0.0656 e. The summed E-state index contributed by atoms with van der Waals surface area (Å²) >= 11 is 10.2. The molecule has 0 bridgehead atoms. The van der Waals surface area contributed by atoms with Crippen LogP contribution < -0.4 is 0 Å². The van der Waals surface area contributed by atoms with Crippen LogP contribution in [-0.2, 0) is 0 Å². The molecule has 0 spiro atoms. The van der Waals surface area contributed by atoms with Crippen molar-refractivity contribution in [2.24, 2.45) is 0 Å². The Morgan fingerprint density at radius 2 is 1.67 bits per heavy atom. The molecule has 1 unspecified atom stereocenters. The van der Waals surface area contributed by atoms with E-state index in [-0.39, 0.29) is 4.83 Å². The van der Waals surface area contributed by atoms with Crippen molar-refractivity contribution in [1.82, 2.24) is 0 Å². The summed E-state index contributed by atoms with van der Waals surface area (Å²) in [6.07, 6.45) is 0. The molecule has 0 nitrogen and oxygen atoms in total. The zero-order valence-electron chi connectivity index (χ0n) is 12.0. The standard InChI is InChI=1S/C19H16BrCl/c1-12-10-11-14-6-3-4-7-16(14)18(12)19(20)15-8-5-9-17(21)13(15)2/h3-11,19H,1-2H3. The molecule has 106 valence electrons. The Hall–Kier alpha value is -1.31. The molecule has 2 heteroatoms. The molecule has 0 aliphatic rings. The fourth-order valence-corrected chi connectivity index (χ4v) is 4.08. The largest absolute Gasteiger partial charge is 0.0840 e. The van der Waals surface area contributed by atoms with Gasteiger partial charge in [0.2, 0.25) is 0 Å². The highest BCUT2D eigenvalue weighted by molar-refractivity contribution is 9.09. The van der Waals surface area contributed by atoms with Crippen LogP contribution in [0.3, 0.4) is 0 Å². The van der Waals surface area contributed by atoms with Crippen molar-refractivity contribution in [1.29, 1.82) is 0 Å². The third-order valence-electron chi connectivity index (χ3n) is 4.02. The summed E-state index contributed by atoms with van der Waals surface area (Å²) in [5, 5.41) is 3.37. The van der Waals surface area contributed by atoms with E-state index in [1.807, 2.05) is 12.1 Å². The van der Waals surface area contributed by atoms with E-state index < -0.39 is 0 Å².